The maximum absolute atomic E-state index is 9.42. The number of para-hydroxylation sites is 1. The molecule has 3 aromatic carbocycles. The van der Waals surface area contributed by atoms with Gasteiger partial charge in [0.2, 0.25) is 0 Å². The van der Waals surface area contributed by atoms with Gasteiger partial charge in [-0.25, -0.2) is 4.98 Å². The van der Waals surface area contributed by atoms with Crippen molar-refractivity contribution >= 4 is 11.0 Å². The van der Waals surface area contributed by atoms with Crippen molar-refractivity contribution in [1.29, 1.82) is 5.26 Å². The Balaban J connectivity index is 1.80. The highest BCUT2D eigenvalue weighted by Crippen LogP contribution is 2.36. The van der Waals surface area contributed by atoms with E-state index in [-0.39, 0.29) is 0 Å². The lowest BCUT2D eigenvalue weighted by Crippen LogP contribution is -1.94. The number of fused-ring (bicyclic) bond motifs is 2. The quantitative estimate of drug-likeness (QED) is 0.508. The van der Waals surface area contributed by atoms with E-state index in [0.29, 0.717) is 17.9 Å². The molecule has 0 atom stereocenters. The zero-order valence-electron chi connectivity index (χ0n) is 13.7. The van der Waals surface area contributed by atoms with Gasteiger partial charge in [0.1, 0.15) is 12.9 Å². The number of nitriles is 1. The van der Waals surface area contributed by atoms with Crippen LogP contribution in [-0.2, 0) is 11.5 Å². The van der Waals surface area contributed by atoms with Crippen LogP contribution in [-0.4, -0.2) is 9.55 Å². The fourth-order valence-electron chi connectivity index (χ4n) is 3.29. The van der Waals surface area contributed by atoms with E-state index in [0.717, 1.165) is 33.4 Å². The average Bonchev–Trinajstić information content (AvgIpc) is 3.34. The molecule has 5 nitrogen and oxygen atoms in total. The number of hydrogen-bond donors (Lipinski definition) is 0. The molecule has 1 aliphatic heterocycles. The zero-order chi connectivity index (χ0) is 17.5. The van der Waals surface area contributed by atoms with Crippen molar-refractivity contribution in [1.82, 2.24) is 9.55 Å². The van der Waals surface area contributed by atoms with E-state index in [2.05, 4.69) is 11.1 Å². The van der Waals surface area contributed by atoms with Crippen molar-refractivity contribution in [2.24, 2.45) is 0 Å². The van der Waals surface area contributed by atoms with E-state index in [1.165, 1.54) is 0 Å². The molecular weight excluding hydrogens is 326 g/mol. The fraction of sp³-hybridized carbons (Fsp3) is 0.0476. The number of hydrogen-bond acceptors (Lipinski definition) is 4. The summed E-state index contributed by atoms with van der Waals surface area (Å²) in [5, 5.41) is 9.42. The summed E-state index contributed by atoms with van der Waals surface area (Å²) < 4.78 is 2.04. The Bertz CT molecular complexity index is 1170. The molecule has 0 spiro atoms. The summed E-state index contributed by atoms with van der Waals surface area (Å²) in [4.78, 5) is 14.8. The van der Waals surface area contributed by atoms with Gasteiger partial charge in [0.25, 0.3) is 0 Å². The largest absolute Gasteiger partial charge is 0.337 e. The van der Waals surface area contributed by atoms with Gasteiger partial charge >= 0.3 is 0 Å². The highest BCUT2D eigenvalue weighted by molar-refractivity contribution is 5.95. The Labute approximate surface area is 149 Å². The van der Waals surface area contributed by atoms with Crippen LogP contribution in [0.25, 0.3) is 27.8 Å². The Kier molecular flexibility index (Phi) is 3.24. The number of nitrogens with zero attached hydrogens (tertiary/aromatic N) is 3. The van der Waals surface area contributed by atoms with Crippen LogP contribution in [0.4, 0.5) is 0 Å². The molecule has 0 N–H and O–H groups in total. The number of aromatic nitrogens is 2. The SMILES string of the molecule is N#Cc1cc(-c2ccc3c(c2)OOC3)c2c(c1)ncn2-c1ccccc1. The lowest BCUT2D eigenvalue weighted by atomic mass is 9.99. The maximum Gasteiger partial charge on any atom is 0.171 e. The topological polar surface area (TPSA) is 60.1 Å². The Morgan fingerprint density at radius 1 is 1.04 bits per heavy atom. The van der Waals surface area contributed by atoms with Gasteiger partial charge in [-0.2, -0.15) is 10.1 Å². The molecule has 1 aliphatic rings. The molecule has 0 amide bonds. The minimum Gasteiger partial charge on any atom is -0.337 e. The highest BCUT2D eigenvalue weighted by atomic mass is 17.2. The minimum atomic E-state index is 0.450. The predicted molar refractivity (Wildman–Crippen MR) is 96.6 cm³/mol. The third-order valence-electron chi connectivity index (χ3n) is 4.55. The van der Waals surface area contributed by atoms with Crippen LogP contribution in [0.3, 0.4) is 0 Å². The normalized spacial score (nSPS) is 12.6. The minimum absolute atomic E-state index is 0.450. The van der Waals surface area contributed by atoms with Crippen molar-refractivity contribution in [3.63, 3.8) is 0 Å². The second kappa shape index (κ2) is 5.73. The van der Waals surface area contributed by atoms with Crippen LogP contribution >= 0.6 is 0 Å². The van der Waals surface area contributed by atoms with Gasteiger partial charge in [0, 0.05) is 16.8 Å². The van der Waals surface area contributed by atoms with Crippen LogP contribution in [0.5, 0.6) is 5.75 Å². The fourth-order valence-corrected chi connectivity index (χ4v) is 3.29. The lowest BCUT2D eigenvalue weighted by Gasteiger charge is -2.10. The van der Waals surface area contributed by atoms with Crippen LogP contribution in [0.15, 0.2) is 67.0 Å². The van der Waals surface area contributed by atoms with Gasteiger partial charge in [-0.3, -0.25) is 4.57 Å². The first-order valence-corrected chi connectivity index (χ1v) is 8.23. The molecule has 0 bridgehead atoms. The van der Waals surface area contributed by atoms with Crippen molar-refractivity contribution < 1.29 is 9.78 Å². The molecule has 0 aliphatic carbocycles. The van der Waals surface area contributed by atoms with E-state index in [1.54, 1.807) is 6.33 Å². The molecule has 124 valence electrons. The number of benzene rings is 3. The highest BCUT2D eigenvalue weighted by Gasteiger charge is 2.18. The number of imidazole rings is 1. The van der Waals surface area contributed by atoms with Crippen molar-refractivity contribution in [2.45, 2.75) is 6.61 Å². The first kappa shape index (κ1) is 14.7. The molecule has 1 aromatic heterocycles. The van der Waals surface area contributed by atoms with Crippen LogP contribution in [0.2, 0.25) is 0 Å². The standard InChI is InChI=1S/C21H13N3O2/c22-11-14-8-18(15-6-7-16-12-25-26-20(16)10-15)21-19(9-14)23-13-24(21)17-4-2-1-3-5-17/h1-10,13H,12H2. The van der Waals surface area contributed by atoms with Crippen LogP contribution in [0, 0.1) is 11.3 Å². The molecular formula is C21H13N3O2. The van der Waals surface area contributed by atoms with E-state index >= 15 is 0 Å². The summed E-state index contributed by atoms with van der Waals surface area (Å²) in [6.07, 6.45) is 1.79. The predicted octanol–water partition coefficient (Wildman–Crippen LogP) is 4.39. The van der Waals surface area contributed by atoms with Gasteiger partial charge < -0.3 is 4.89 Å². The maximum atomic E-state index is 9.42. The summed E-state index contributed by atoms with van der Waals surface area (Å²) in [5.41, 5.74) is 6.21. The molecule has 0 unspecified atom stereocenters. The van der Waals surface area contributed by atoms with Gasteiger partial charge in [0.05, 0.1) is 22.7 Å². The van der Waals surface area contributed by atoms with Crippen molar-refractivity contribution in [3.05, 3.63) is 78.1 Å². The monoisotopic (exact) mass is 339 g/mol. The molecule has 0 radical (unpaired) electrons. The van der Waals surface area contributed by atoms with Gasteiger partial charge in [0.15, 0.2) is 5.75 Å². The van der Waals surface area contributed by atoms with E-state index in [9.17, 15) is 5.26 Å². The third-order valence-corrected chi connectivity index (χ3v) is 4.55. The molecule has 0 saturated heterocycles. The van der Waals surface area contributed by atoms with E-state index < -0.39 is 0 Å². The summed E-state index contributed by atoms with van der Waals surface area (Å²) in [7, 11) is 0. The molecule has 5 rings (SSSR count). The Morgan fingerprint density at radius 2 is 1.92 bits per heavy atom. The zero-order valence-corrected chi connectivity index (χ0v) is 13.7. The summed E-state index contributed by atoms with van der Waals surface area (Å²) in [6, 6.07) is 21.9. The molecule has 2 heterocycles. The van der Waals surface area contributed by atoms with Crippen LogP contribution in [0.1, 0.15) is 11.1 Å². The summed E-state index contributed by atoms with van der Waals surface area (Å²) >= 11 is 0. The third kappa shape index (κ3) is 2.25. The van der Waals surface area contributed by atoms with E-state index in [4.69, 9.17) is 9.78 Å². The summed E-state index contributed by atoms with van der Waals surface area (Å²) in [6.45, 7) is 0.450. The second-order valence-corrected chi connectivity index (χ2v) is 6.12. The van der Waals surface area contributed by atoms with Gasteiger partial charge in [-0.15, -0.1) is 0 Å². The Morgan fingerprint density at radius 3 is 2.77 bits per heavy atom. The first-order chi connectivity index (χ1) is 12.8. The molecule has 4 aromatic rings. The Hall–Kier alpha value is -3.62. The van der Waals surface area contributed by atoms with Gasteiger partial charge in [-0.1, -0.05) is 30.3 Å². The lowest BCUT2D eigenvalue weighted by molar-refractivity contribution is -0.194. The number of rotatable bonds is 2. The molecule has 5 heteroatoms. The average molecular weight is 339 g/mol. The first-order valence-electron chi connectivity index (χ1n) is 8.23. The molecule has 26 heavy (non-hydrogen) atoms. The second-order valence-electron chi connectivity index (χ2n) is 6.12. The van der Waals surface area contributed by atoms with Gasteiger partial charge in [-0.05, 0) is 35.9 Å². The van der Waals surface area contributed by atoms with Crippen molar-refractivity contribution in [3.8, 4) is 28.6 Å². The molecule has 0 saturated carbocycles. The van der Waals surface area contributed by atoms with Crippen LogP contribution < -0.4 is 4.89 Å². The van der Waals surface area contributed by atoms with Crippen molar-refractivity contribution in [2.75, 3.05) is 0 Å². The van der Waals surface area contributed by atoms with E-state index in [1.807, 2.05) is 65.2 Å². The summed E-state index contributed by atoms with van der Waals surface area (Å²) in [5.74, 6) is 0.712. The smallest absolute Gasteiger partial charge is 0.171 e. The molecule has 0 fully saturated rings.